The average Bonchev–Trinajstić information content (AvgIpc) is 2.64. The summed E-state index contributed by atoms with van der Waals surface area (Å²) in [4.78, 5) is 15.2. The Bertz CT molecular complexity index is 631. The first-order valence-corrected chi connectivity index (χ1v) is 6.97. The van der Waals surface area contributed by atoms with Crippen molar-refractivity contribution in [3.8, 4) is 0 Å². The second-order valence-electron chi connectivity index (χ2n) is 6.79. The molecule has 2 aromatic rings. The van der Waals surface area contributed by atoms with E-state index in [1.807, 2.05) is 28.8 Å². The van der Waals surface area contributed by atoms with Crippen molar-refractivity contribution in [3.63, 3.8) is 0 Å². The smallest absolute Gasteiger partial charge is 0.306 e. The normalized spacial score (nSPS) is 13.1. The first-order valence-electron chi connectivity index (χ1n) is 6.97. The van der Waals surface area contributed by atoms with Gasteiger partial charge in [0.15, 0.2) is 0 Å². The van der Waals surface area contributed by atoms with Crippen molar-refractivity contribution in [2.75, 3.05) is 0 Å². The summed E-state index contributed by atoms with van der Waals surface area (Å²) < 4.78 is 1.90. The third kappa shape index (κ3) is 2.60. The first-order chi connectivity index (χ1) is 8.77. The lowest BCUT2D eigenvalue weighted by Crippen LogP contribution is -2.38. The lowest BCUT2D eigenvalue weighted by Gasteiger charge is -2.35. The predicted octanol–water partition coefficient (Wildman–Crippen LogP) is 3.89. The molecule has 0 saturated carbocycles. The lowest BCUT2D eigenvalue weighted by molar-refractivity contribution is 0.192. The zero-order valence-electron chi connectivity index (χ0n) is 12.6. The number of H-pyrrole nitrogens is 1. The molecule has 0 radical (unpaired) electrons. The van der Waals surface area contributed by atoms with E-state index in [0.29, 0.717) is 0 Å². The largest absolute Gasteiger partial charge is 0.326 e. The van der Waals surface area contributed by atoms with Crippen LogP contribution in [-0.2, 0) is 5.54 Å². The van der Waals surface area contributed by atoms with Crippen LogP contribution in [0.3, 0.4) is 0 Å². The van der Waals surface area contributed by atoms with Crippen molar-refractivity contribution in [1.82, 2.24) is 9.55 Å². The number of imidazole rings is 1. The molecular weight excluding hydrogens is 236 g/mol. The average molecular weight is 260 g/mol. The fraction of sp³-hybridized carbons (Fsp3) is 0.562. The molecule has 0 spiro atoms. The van der Waals surface area contributed by atoms with Gasteiger partial charge in [-0.15, -0.1) is 0 Å². The topological polar surface area (TPSA) is 37.8 Å². The Balaban J connectivity index is 2.54. The Morgan fingerprint density at radius 1 is 1.16 bits per heavy atom. The highest BCUT2D eigenvalue weighted by molar-refractivity contribution is 5.75. The highest BCUT2D eigenvalue weighted by atomic mass is 16.1. The van der Waals surface area contributed by atoms with Crippen molar-refractivity contribution in [3.05, 3.63) is 34.7 Å². The zero-order chi connectivity index (χ0) is 14.3. The second kappa shape index (κ2) is 4.55. The third-order valence-corrected chi connectivity index (χ3v) is 4.06. The quantitative estimate of drug-likeness (QED) is 0.889. The summed E-state index contributed by atoms with van der Waals surface area (Å²) in [6.07, 6.45) is 2.08. The molecule has 1 aromatic carbocycles. The number of aromatic amines is 1. The molecular formula is C16H24N2O. The van der Waals surface area contributed by atoms with Crippen LogP contribution in [0.2, 0.25) is 0 Å². The fourth-order valence-corrected chi connectivity index (χ4v) is 3.03. The van der Waals surface area contributed by atoms with E-state index in [1.165, 1.54) is 0 Å². The molecule has 0 bridgehead atoms. The van der Waals surface area contributed by atoms with Gasteiger partial charge in [-0.2, -0.15) is 0 Å². The third-order valence-electron chi connectivity index (χ3n) is 4.06. The molecule has 3 heteroatoms. The van der Waals surface area contributed by atoms with E-state index in [4.69, 9.17) is 0 Å². The Labute approximate surface area is 114 Å². The van der Waals surface area contributed by atoms with Gasteiger partial charge in [0, 0.05) is 5.54 Å². The highest BCUT2D eigenvalue weighted by Crippen LogP contribution is 2.35. The van der Waals surface area contributed by atoms with Crippen molar-refractivity contribution in [2.24, 2.45) is 5.41 Å². The number of nitrogens with zero attached hydrogens (tertiary/aromatic N) is 1. The van der Waals surface area contributed by atoms with Gasteiger partial charge in [0.1, 0.15) is 0 Å². The van der Waals surface area contributed by atoms with Gasteiger partial charge >= 0.3 is 5.69 Å². The molecule has 0 saturated heterocycles. The maximum absolute atomic E-state index is 12.3. The first kappa shape index (κ1) is 13.9. The molecule has 0 amide bonds. The van der Waals surface area contributed by atoms with Crippen LogP contribution in [0, 0.1) is 5.41 Å². The van der Waals surface area contributed by atoms with Gasteiger partial charge in [-0.25, -0.2) is 4.79 Å². The Morgan fingerprint density at radius 2 is 1.79 bits per heavy atom. The van der Waals surface area contributed by atoms with E-state index in [2.05, 4.69) is 39.6 Å². The summed E-state index contributed by atoms with van der Waals surface area (Å²) in [7, 11) is 0. The van der Waals surface area contributed by atoms with Gasteiger partial charge in [0.05, 0.1) is 11.0 Å². The van der Waals surface area contributed by atoms with Crippen LogP contribution in [0.5, 0.6) is 0 Å². The lowest BCUT2D eigenvalue weighted by atomic mass is 9.78. The highest BCUT2D eigenvalue weighted by Gasteiger charge is 2.31. The van der Waals surface area contributed by atoms with Crippen LogP contribution in [0.15, 0.2) is 29.1 Å². The van der Waals surface area contributed by atoms with Crippen molar-refractivity contribution < 1.29 is 0 Å². The van der Waals surface area contributed by atoms with Gasteiger partial charge in [-0.1, -0.05) is 39.3 Å². The maximum Gasteiger partial charge on any atom is 0.326 e. The zero-order valence-corrected chi connectivity index (χ0v) is 12.6. The number of fused-ring (bicyclic) bond motifs is 1. The minimum absolute atomic E-state index is 0.0156. The number of aromatic nitrogens is 2. The number of rotatable bonds is 4. The van der Waals surface area contributed by atoms with Crippen LogP contribution in [0.25, 0.3) is 11.0 Å². The molecule has 0 aliphatic carbocycles. The molecule has 0 aliphatic heterocycles. The number of benzene rings is 1. The monoisotopic (exact) mass is 260 g/mol. The molecule has 1 heterocycles. The van der Waals surface area contributed by atoms with Gasteiger partial charge in [-0.3, -0.25) is 4.57 Å². The molecule has 0 unspecified atom stereocenters. The van der Waals surface area contributed by atoms with Gasteiger partial charge < -0.3 is 4.98 Å². The number of nitrogens with one attached hydrogen (secondary N) is 1. The van der Waals surface area contributed by atoms with Gasteiger partial charge in [0.2, 0.25) is 0 Å². The van der Waals surface area contributed by atoms with E-state index in [-0.39, 0.29) is 16.6 Å². The molecule has 104 valence electrons. The van der Waals surface area contributed by atoms with Crippen molar-refractivity contribution >= 4 is 11.0 Å². The predicted molar refractivity (Wildman–Crippen MR) is 80.6 cm³/mol. The molecule has 0 fully saturated rings. The summed E-state index contributed by atoms with van der Waals surface area (Å²) in [5, 5.41) is 0. The molecule has 1 aromatic heterocycles. The minimum Gasteiger partial charge on any atom is -0.306 e. The summed E-state index contributed by atoms with van der Waals surface area (Å²) in [6, 6.07) is 7.89. The van der Waals surface area contributed by atoms with Crippen molar-refractivity contribution in [1.29, 1.82) is 0 Å². The second-order valence-corrected chi connectivity index (χ2v) is 6.79. The molecule has 0 atom stereocenters. The fourth-order valence-electron chi connectivity index (χ4n) is 3.03. The van der Waals surface area contributed by atoms with Crippen LogP contribution in [-0.4, -0.2) is 9.55 Å². The van der Waals surface area contributed by atoms with Crippen LogP contribution < -0.4 is 5.69 Å². The summed E-state index contributed by atoms with van der Waals surface area (Å²) in [6.45, 7) is 11.0. The summed E-state index contributed by atoms with van der Waals surface area (Å²) in [5.41, 5.74) is 1.91. The Hall–Kier alpha value is -1.51. The molecule has 19 heavy (non-hydrogen) atoms. The van der Waals surface area contributed by atoms with Crippen molar-refractivity contribution in [2.45, 2.75) is 53.0 Å². The van der Waals surface area contributed by atoms with E-state index in [9.17, 15) is 4.79 Å². The Morgan fingerprint density at radius 3 is 2.42 bits per heavy atom. The number of para-hydroxylation sites is 2. The number of hydrogen-bond acceptors (Lipinski definition) is 1. The van der Waals surface area contributed by atoms with E-state index in [0.717, 1.165) is 23.9 Å². The minimum atomic E-state index is -0.198. The van der Waals surface area contributed by atoms with E-state index < -0.39 is 0 Å². The summed E-state index contributed by atoms with van der Waals surface area (Å²) >= 11 is 0. The molecule has 3 nitrogen and oxygen atoms in total. The number of hydrogen-bond donors (Lipinski definition) is 1. The SMILES string of the molecule is CCC(C)(C)CC(C)(C)n1c(=O)[nH]c2ccccc21. The van der Waals surface area contributed by atoms with E-state index in [1.54, 1.807) is 0 Å². The maximum atomic E-state index is 12.3. The molecule has 0 aliphatic rings. The van der Waals surface area contributed by atoms with Gasteiger partial charge in [-0.05, 0) is 37.8 Å². The van der Waals surface area contributed by atoms with Crippen LogP contribution >= 0.6 is 0 Å². The molecule has 2 rings (SSSR count). The van der Waals surface area contributed by atoms with Crippen LogP contribution in [0.4, 0.5) is 0 Å². The van der Waals surface area contributed by atoms with E-state index >= 15 is 0 Å². The summed E-state index contributed by atoms with van der Waals surface area (Å²) in [5.74, 6) is 0. The standard InChI is InChI=1S/C16H24N2O/c1-6-15(2,3)11-16(4,5)18-13-10-8-7-9-12(13)17-14(18)19/h7-10H,6,11H2,1-5H3,(H,17,19). The van der Waals surface area contributed by atoms with Crippen LogP contribution in [0.1, 0.15) is 47.5 Å². The van der Waals surface area contributed by atoms with Gasteiger partial charge in [0.25, 0.3) is 0 Å². The molecule has 1 N–H and O–H groups in total. The Kier molecular flexibility index (Phi) is 3.33.